The summed E-state index contributed by atoms with van der Waals surface area (Å²) in [6.45, 7) is 5.68. The number of aromatic nitrogens is 2. The molecular formula is C13H15ClN2O2. The van der Waals surface area contributed by atoms with Gasteiger partial charge in [0.1, 0.15) is 16.8 Å². The van der Waals surface area contributed by atoms with Gasteiger partial charge >= 0.3 is 5.97 Å². The van der Waals surface area contributed by atoms with Crippen LogP contribution in [0.5, 0.6) is 0 Å². The molecule has 0 amide bonds. The van der Waals surface area contributed by atoms with E-state index in [0.29, 0.717) is 23.0 Å². The quantitative estimate of drug-likeness (QED) is 0.869. The number of hydrogen-bond acceptors (Lipinski definition) is 3. The van der Waals surface area contributed by atoms with Gasteiger partial charge in [-0.1, -0.05) is 17.7 Å². The molecule has 0 saturated carbocycles. The summed E-state index contributed by atoms with van der Waals surface area (Å²) in [5.74, 6) is 0.254. The van der Waals surface area contributed by atoms with Crippen molar-refractivity contribution in [3.05, 3.63) is 29.0 Å². The number of hydrogen-bond donors (Lipinski definition) is 1. The van der Waals surface area contributed by atoms with Crippen LogP contribution in [0.15, 0.2) is 18.2 Å². The maximum Gasteiger partial charge on any atom is 0.319 e. The summed E-state index contributed by atoms with van der Waals surface area (Å²) in [6, 6.07) is 5.48. The molecule has 0 saturated heterocycles. The van der Waals surface area contributed by atoms with Gasteiger partial charge < -0.3 is 9.72 Å². The SMILES string of the molecule is CCOC(=O)C(C)(C)c1nc2c(Cl)cccc2[nH]1. The molecule has 5 heteroatoms. The van der Waals surface area contributed by atoms with Gasteiger partial charge in [0.2, 0.25) is 0 Å². The van der Waals surface area contributed by atoms with E-state index in [1.54, 1.807) is 26.8 Å². The molecule has 0 bridgehead atoms. The molecule has 1 N–H and O–H groups in total. The average Bonchev–Trinajstić information content (AvgIpc) is 2.75. The van der Waals surface area contributed by atoms with Gasteiger partial charge in [-0.15, -0.1) is 0 Å². The Labute approximate surface area is 110 Å². The van der Waals surface area contributed by atoms with E-state index in [4.69, 9.17) is 16.3 Å². The number of carbonyl (C=O) groups is 1. The van der Waals surface area contributed by atoms with Crippen LogP contribution >= 0.6 is 11.6 Å². The maximum absolute atomic E-state index is 11.9. The largest absolute Gasteiger partial charge is 0.465 e. The highest BCUT2D eigenvalue weighted by molar-refractivity contribution is 6.34. The second-order valence-electron chi connectivity index (χ2n) is 4.57. The third-order valence-electron chi connectivity index (χ3n) is 2.84. The fourth-order valence-electron chi connectivity index (χ4n) is 1.70. The van der Waals surface area contributed by atoms with Gasteiger partial charge in [-0.05, 0) is 32.9 Å². The Kier molecular flexibility index (Phi) is 3.30. The molecule has 4 nitrogen and oxygen atoms in total. The number of imidazole rings is 1. The fraction of sp³-hybridized carbons (Fsp3) is 0.385. The van der Waals surface area contributed by atoms with Gasteiger partial charge in [-0.3, -0.25) is 4.79 Å². The standard InChI is InChI=1S/C13H15ClN2O2/c1-4-18-12(17)13(2,3)11-15-9-7-5-6-8(14)10(9)16-11/h5-7H,4H2,1-3H3,(H,15,16). The number of H-pyrrole nitrogens is 1. The predicted octanol–water partition coefficient (Wildman–Crippen LogP) is 3.06. The van der Waals surface area contributed by atoms with Gasteiger partial charge in [0.05, 0.1) is 17.1 Å². The maximum atomic E-state index is 11.9. The molecule has 0 radical (unpaired) electrons. The number of carbonyl (C=O) groups excluding carboxylic acids is 1. The Morgan fingerprint density at radius 2 is 2.22 bits per heavy atom. The molecule has 18 heavy (non-hydrogen) atoms. The average molecular weight is 267 g/mol. The smallest absolute Gasteiger partial charge is 0.319 e. The summed E-state index contributed by atoms with van der Waals surface area (Å²) in [7, 11) is 0. The van der Waals surface area contributed by atoms with Crippen LogP contribution in [-0.2, 0) is 14.9 Å². The van der Waals surface area contributed by atoms with Crippen molar-refractivity contribution in [1.29, 1.82) is 0 Å². The van der Waals surface area contributed by atoms with Crippen LogP contribution < -0.4 is 0 Å². The fourth-order valence-corrected chi connectivity index (χ4v) is 1.92. The zero-order valence-corrected chi connectivity index (χ0v) is 11.3. The van der Waals surface area contributed by atoms with E-state index in [1.807, 2.05) is 12.1 Å². The number of para-hydroxylation sites is 1. The van der Waals surface area contributed by atoms with E-state index in [0.717, 1.165) is 5.52 Å². The second kappa shape index (κ2) is 4.61. The zero-order valence-electron chi connectivity index (χ0n) is 10.6. The van der Waals surface area contributed by atoms with E-state index in [9.17, 15) is 4.79 Å². The van der Waals surface area contributed by atoms with Crippen molar-refractivity contribution < 1.29 is 9.53 Å². The minimum absolute atomic E-state index is 0.305. The number of rotatable bonds is 3. The molecule has 2 aromatic rings. The third kappa shape index (κ3) is 2.08. The van der Waals surface area contributed by atoms with Crippen molar-refractivity contribution in [2.45, 2.75) is 26.2 Å². The Hall–Kier alpha value is -1.55. The van der Waals surface area contributed by atoms with Crippen LogP contribution in [0.4, 0.5) is 0 Å². The molecule has 0 spiro atoms. The molecule has 0 aliphatic carbocycles. The van der Waals surface area contributed by atoms with Crippen molar-refractivity contribution in [3.8, 4) is 0 Å². The summed E-state index contributed by atoms with van der Waals surface area (Å²) in [4.78, 5) is 19.4. The molecule has 0 atom stereocenters. The van der Waals surface area contributed by atoms with Gasteiger partial charge in [-0.2, -0.15) is 0 Å². The first kappa shape index (κ1) is 12.9. The number of ether oxygens (including phenoxy) is 1. The monoisotopic (exact) mass is 266 g/mol. The third-order valence-corrected chi connectivity index (χ3v) is 3.15. The van der Waals surface area contributed by atoms with Crippen LogP contribution in [-0.4, -0.2) is 22.5 Å². The van der Waals surface area contributed by atoms with Gasteiger partial charge in [0.25, 0.3) is 0 Å². The highest BCUT2D eigenvalue weighted by atomic mass is 35.5. The number of nitrogens with zero attached hydrogens (tertiary/aromatic N) is 1. The van der Waals surface area contributed by atoms with Crippen molar-refractivity contribution >= 4 is 28.6 Å². The van der Waals surface area contributed by atoms with Crippen molar-refractivity contribution in [2.24, 2.45) is 0 Å². The highest BCUT2D eigenvalue weighted by Gasteiger charge is 2.34. The van der Waals surface area contributed by atoms with E-state index >= 15 is 0 Å². The molecule has 1 aromatic heterocycles. The number of fused-ring (bicyclic) bond motifs is 1. The molecule has 0 aliphatic heterocycles. The minimum Gasteiger partial charge on any atom is -0.465 e. The molecule has 1 heterocycles. The van der Waals surface area contributed by atoms with E-state index in [1.165, 1.54) is 0 Å². The first-order valence-corrected chi connectivity index (χ1v) is 6.16. The van der Waals surface area contributed by atoms with Gasteiger partial charge in [-0.25, -0.2) is 4.98 Å². The van der Waals surface area contributed by atoms with E-state index < -0.39 is 5.41 Å². The summed E-state index contributed by atoms with van der Waals surface area (Å²) >= 11 is 6.06. The molecule has 0 aliphatic rings. The van der Waals surface area contributed by atoms with E-state index in [2.05, 4.69) is 9.97 Å². The summed E-state index contributed by atoms with van der Waals surface area (Å²) < 4.78 is 5.06. The van der Waals surface area contributed by atoms with Crippen LogP contribution in [0.1, 0.15) is 26.6 Å². The lowest BCUT2D eigenvalue weighted by atomic mass is 9.93. The molecular weight excluding hydrogens is 252 g/mol. The lowest BCUT2D eigenvalue weighted by Gasteiger charge is -2.19. The number of nitrogens with one attached hydrogen (secondary N) is 1. The van der Waals surface area contributed by atoms with Crippen LogP contribution in [0, 0.1) is 0 Å². The van der Waals surface area contributed by atoms with Crippen molar-refractivity contribution in [2.75, 3.05) is 6.61 Å². The van der Waals surface area contributed by atoms with Crippen LogP contribution in [0.25, 0.3) is 11.0 Å². The Morgan fingerprint density at radius 3 is 2.83 bits per heavy atom. The Bertz CT molecular complexity index is 590. The second-order valence-corrected chi connectivity index (χ2v) is 4.97. The van der Waals surface area contributed by atoms with Crippen LogP contribution in [0.2, 0.25) is 5.02 Å². The van der Waals surface area contributed by atoms with Crippen LogP contribution in [0.3, 0.4) is 0 Å². The topological polar surface area (TPSA) is 55.0 Å². The minimum atomic E-state index is -0.821. The summed E-state index contributed by atoms with van der Waals surface area (Å²) in [5, 5.41) is 0.564. The molecule has 96 valence electrons. The lowest BCUT2D eigenvalue weighted by molar-refractivity contribution is -0.149. The van der Waals surface area contributed by atoms with Gasteiger partial charge in [0.15, 0.2) is 0 Å². The first-order chi connectivity index (χ1) is 8.46. The normalized spacial score (nSPS) is 11.8. The lowest BCUT2D eigenvalue weighted by Crippen LogP contribution is -2.32. The predicted molar refractivity (Wildman–Crippen MR) is 70.8 cm³/mol. The molecule has 1 aromatic carbocycles. The summed E-state index contributed by atoms with van der Waals surface area (Å²) in [5.41, 5.74) is 0.666. The van der Waals surface area contributed by atoms with Gasteiger partial charge in [0, 0.05) is 0 Å². The molecule has 0 unspecified atom stereocenters. The Balaban J connectivity index is 2.48. The van der Waals surface area contributed by atoms with Crippen molar-refractivity contribution in [3.63, 3.8) is 0 Å². The van der Waals surface area contributed by atoms with Crippen molar-refractivity contribution in [1.82, 2.24) is 9.97 Å². The molecule has 2 rings (SSSR count). The highest BCUT2D eigenvalue weighted by Crippen LogP contribution is 2.27. The number of aromatic amines is 1. The zero-order chi connectivity index (χ0) is 13.3. The number of halogens is 1. The first-order valence-electron chi connectivity index (χ1n) is 5.78. The van der Waals surface area contributed by atoms with E-state index in [-0.39, 0.29) is 5.97 Å². The number of benzene rings is 1. The Morgan fingerprint density at radius 1 is 1.50 bits per heavy atom. The molecule has 0 fully saturated rings. The number of esters is 1. The summed E-state index contributed by atoms with van der Waals surface area (Å²) in [6.07, 6.45) is 0.